The molecule has 1 aromatic heterocycles. The van der Waals surface area contributed by atoms with Crippen LogP contribution in [0.1, 0.15) is 19.4 Å². The average molecular weight is 302 g/mol. The summed E-state index contributed by atoms with van der Waals surface area (Å²) in [6.45, 7) is 11.0. The number of carbonyl (C=O) groups is 1. The number of carbonyl (C=O) groups excluding carboxylic acids is 1. The summed E-state index contributed by atoms with van der Waals surface area (Å²) in [4.78, 5) is 22.7. The van der Waals surface area contributed by atoms with Gasteiger partial charge in [-0.25, -0.2) is 0 Å². The molecule has 0 saturated carbocycles. The van der Waals surface area contributed by atoms with Gasteiger partial charge >= 0.3 is 0 Å². The molecule has 1 amide bonds. The van der Waals surface area contributed by atoms with Crippen molar-refractivity contribution in [3.8, 4) is 0 Å². The standard InChI is InChI=1S/C17H26N4O/c1-14-11-19(12-16-4-3-5-18-10-16)13-17(14)21-8-6-20(7-9-21)15(2)22/h3-5,10,14,17H,6-9,11-13H2,1-2H3/t14-,17+/m1/s1. The Morgan fingerprint density at radius 3 is 2.68 bits per heavy atom. The van der Waals surface area contributed by atoms with Gasteiger partial charge in [-0.05, 0) is 17.5 Å². The summed E-state index contributed by atoms with van der Waals surface area (Å²) in [5.41, 5.74) is 1.29. The lowest BCUT2D eigenvalue weighted by Crippen LogP contribution is -2.53. The quantitative estimate of drug-likeness (QED) is 0.837. The molecule has 2 aliphatic heterocycles. The van der Waals surface area contributed by atoms with Crippen molar-refractivity contribution in [3.05, 3.63) is 30.1 Å². The molecule has 22 heavy (non-hydrogen) atoms. The van der Waals surface area contributed by atoms with Crippen molar-refractivity contribution >= 4 is 5.91 Å². The van der Waals surface area contributed by atoms with E-state index in [9.17, 15) is 4.79 Å². The highest BCUT2D eigenvalue weighted by Crippen LogP contribution is 2.24. The van der Waals surface area contributed by atoms with Gasteiger partial charge in [0.25, 0.3) is 0 Å². The van der Waals surface area contributed by atoms with Crippen LogP contribution in [-0.2, 0) is 11.3 Å². The third kappa shape index (κ3) is 3.47. The predicted octanol–water partition coefficient (Wildman–Crippen LogP) is 1.07. The zero-order valence-corrected chi connectivity index (χ0v) is 13.6. The molecule has 1 aromatic rings. The van der Waals surface area contributed by atoms with E-state index in [0.717, 1.165) is 45.8 Å². The van der Waals surface area contributed by atoms with Crippen molar-refractivity contribution in [1.29, 1.82) is 0 Å². The van der Waals surface area contributed by atoms with Crippen LogP contribution in [0, 0.1) is 5.92 Å². The third-order valence-corrected chi connectivity index (χ3v) is 5.01. The van der Waals surface area contributed by atoms with Crippen molar-refractivity contribution < 1.29 is 4.79 Å². The lowest BCUT2D eigenvalue weighted by atomic mass is 10.0. The average Bonchev–Trinajstić information content (AvgIpc) is 2.89. The van der Waals surface area contributed by atoms with Gasteiger partial charge in [-0.1, -0.05) is 13.0 Å². The van der Waals surface area contributed by atoms with Crippen molar-refractivity contribution in [1.82, 2.24) is 19.7 Å². The highest BCUT2D eigenvalue weighted by Gasteiger charge is 2.35. The highest BCUT2D eigenvalue weighted by atomic mass is 16.2. The normalized spacial score (nSPS) is 27.3. The molecule has 0 N–H and O–H groups in total. The van der Waals surface area contributed by atoms with Crippen LogP contribution in [0.2, 0.25) is 0 Å². The summed E-state index contributed by atoms with van der Waals surface area (Å²) in [5, 5.41) is 0. The van der Waals surface area contributed by atoms with Gasteiger partial charge < -0.3 is 4.90 Å². The van der Waals surface area contributed by atoms with Gasteiger partial charge in [0.15, 0.2) is 0 Å². The first-order chi connectivity index (χ1) is 10.6. The lowest BCUT2D eigenvalue weighted by molar-refractivity contribution is -0.130. The maximum atomic E-state index is 11.4. The van der Waals surface area contributed by atoms with E-state index >= 15 is 0 Å². The molecule has 3 rings (SSSR count). The molecule has 2 fully saturated rings. The minimum atomic E-state index is 0.206. The number of rotatable bonds is 3. The first-order valence-electron chi connectivity index (χ1n) is 8.24. The van der Waals surface area contributed by atoms with E-state index in [0.29, 0.717) is 12.0 Å². The summed E-state index contributed by atoms with van der Waals surface area (Å²) in [6.07, 6.45) is 3.79. The van der Waals surface area contributed by atoms with E-state index in [2.05, 4.69) is 27.8 Å². The number of hydrogen-bond donors (Lipinski definition) is 0. The van der Waals surface area contributed by atoms with Crippen molar-refractivity contribution in [2.45, 2.75) is 26.4 Å². The number of nitrogens with zero attached hydrogens (tertiary/aromatic N) is 4. The molecule has 2 saturated heterocycles. The predicted molar refractivity (Wildman–Crippen MR) is 86.3 cm³/mol. The van der Waals surface area contributed by atoms with Gasteiger partial charge in [0, 0.05) is 71.2 Å². The molecule has 0 unspecified atom stereocenters. The number of aromatic nitrogens is 1. The van der Waals surface area contributed by atoms with E-state index in [1.54, 1.807) is 6.92 Å². The van der Waals surface area contributed by atoms with E-state index < -0.39 is 0 Å². The first kappa shape index (κ1) is 15.4. The fourth-order valence-electron chi connectivity index (χ4n) is 3.77. The Morgan fingerprint density at radius 1 is 1.27 bits per heavy atom. The molecule has 0 bridgehead atoms. The molecule has 5 heteroatoms. The topological polar surface area (TPSA) is 39.7 Å². The van der Waals surface area contributed by atoms with E-state index in [4.69, 9.17) is 0 Å². The second-order valence-corrected chi connectivity index (χ2v) is 6.64. The van der Waals surface area contributed by atoms with Gasteiger partial charge in [-0.3, -0.25) is 19.6 Å². The van der Waals surface area contributed by atoms with Crippen LogP contribution in [0.25, 0.3) is 0 Å². The monoisotopic (exact) mass is 302 g/mol. The van der Waals surface area contributed by atoms with Crippen LogP contribution in [0.3, 0.4) is 0 Å². The summed E-state index contributed by atoms with van der Waals surface area (Å²) in [6, 6.07) is 4.77. The fraction of sp³-hybridized carbons (Fsp3) is 0.647. The molecule has 0 spiro atoms. The Kier molecular flexibility index (Phi) is 4.74. The summed E-state index contributed by atoms with van der Waals surface area (Å²) in [7, 11) is 0. The number of hydrogen-bond acceptors (Lipinski definition) is 4. The second kappa shape index (κ2) is 6.75. The van der Waals surface area contributed by atoms with Crippen LogP contribution in [0.4, 0.5) is 0 Å². The second-order valence-electron chi connectivity index (χ2n) is 6.64. The molecular formula is C17H26N4O. The van der Waals surface area contributed by atoms with Gasteiger partial charge in [0.05, 0.1) is 0 Å². The maximum Gasteiger partial charge on any atom is 0.219 e. The Hall–Kier alpha value is -1.46. The SMILES string of the molecule is CC(=O)N1CCN([C@H]2CN(Cc3cccnc3)C[C@H]2C)CC1. The molecule has 5 nitrogen and oxygen atoms in total. The Morgan fingerprint density at radius 2 is 2.05 bits per heavy atom. The van der Waals surface area contributed by atoms with Gasteiger partial charge in [-0.2, -0.15) is 0 Å². The fourth-order valence-corrected chi connectivity index (χ4v) is 3.77. The molecule has 2 aliphatic rings. The molecule has 120 valence electrons. The van der Waals surface area contributed by atoms with Crippen LogP contribution in [-0.4, -0.2) is 70.9 Å². The van der Waals surface area contributed by atoms with Crippen molar-refractivity contribution in [2.75, 3.05) is 39.3 Å². The number of likely N-dealkylation sites (tertiary alicyclic amines) is 1. The smallest absolute Gasteiger partial charge is 0.219 e. The molecule has 3 heterocycles. The molecular weight excluding hydrogens is 276 g/mol. The Balaban J connectivity index is 1.54. The van der Waals surface area contributed by atoms with E-state index in [-0.39, 0.29) is 5.91 Å². The zero-order chi connectivity index (χ0) is 15.5. The highest BCUT2D eigenvalue weighted by molar-refractivity contribution is 5.73. The largest absolute Gasteiger partial charge is 0.340 e. The van der Waals surface area contributed by atoms with Crippen LogP contribution < -0.4 is 0 Å². The number of piperazine rings is 1. The van der Waals surface area contributed by atoms with Gasteiger partial charge in [0.2, 0.25) is 5.91 Å². The van der Waals surface area contributed by atoms with Crippen LogP contribution >= 0.6 is 0 Å². The van der Waals surface area contributed by atoms with E-state index in [1.165, 1.54) is 5.56 Å². The molecule has 0 radical (unpaired) electrons. The van der Waals surface area contributed by atoms with Crippen molar-refractivity contribution in [3.63, 3.8) is 0 Å². The Bertz CT molecular complexity index is 499. The summed E-state index contributed by atoms with van der Waals surface area (Å²) >= 11 is 0. The zero-order valence-electron chi connectivity index (χ0n) is 13.6. The summed E-state index contributed by atoms with van der Waals surface area (Å²) < 4.78 is 0. The van der Waals surface area contributed by atoms with Gasteiger partial charge in [0.1, 0.15) is 0 Å². The van der Waals surface area contributed by atoms with Crippen LogP contribution in [0.15, 0.2) is 24.5 Å². The number of amides is 1. The first-order valence-corrected chi connectivity index (χ1v) is 8.24. The lowest BCUT2D eigenvalue weighted by Gasteiger charge is -2.39. The molecule has 0 aromatic carbocycles. The maximum absolute atomic E-state index is 11.4. The number of pyridine rings is 1. The molecule has 0 aliphatic carbocycles. The minimum Gasteiger partial charge on any atom is -0.340 e. The van der Waals surface area contributed by atoms with Crippen LogP contribution in [0.5, 0.6) is 0 Å². The van der Waals surface area contributed by atoms with E-state index in [1.807, 2.05) is 23.4 Å². The third-order valence-electron chi connectivity index (χ3n) is 5.01. The van der Waals surface area contributed by atoms with Gasteiger partial charge in [-0.15, -0.1) is 0 Å². The Labute approximate surface area is 132 Å². The summed E-state index contributed by atoms with van der Waals surface area (Å²) in [5.74, 6) is 0.887. The minimum absolute atomic E-state index is 0.206. The van der Waals surface area contributed by atoms with Crippen molar-refractivity contribution in [2.24, 2.45) is 5.92 Å². The molecule has 2 atom stereocenters.